The second-order valence-electron chi connectivity index (χ2n) is 7.55. The first-order valence-corrected chi connectivity index (χ1v) is 11.4. The van der Waals surface area contributed by atoms with Gasteiger partial charge in [0.2, 0.25) is 5.91 Å². The Balaban J connectivity index is 1.40. The highest BCUT2D eigenvalue weighted by molar-refractivity contribution is 7.99. The minimum absolute atomic E-state index is 0.311. The predicted octanol–water partition coefficient (Wildman–Crippen LogP) is 5.86. The molecule has 4 aromatic carbocycles. The molecule has 0 saturated heterocycles. The summed E-state index contributed by atoms with van der Waals surface area (Å²) in [6.45, 7) is 0. The number of hydrogen-bond donors (Lipinski definition) is 2. The average Bonchev–Trinajstić information content (AvgIpc) is 2.87. The van der Waals surface area contributed by atoms with Crippen molar-refractivity contribution in [1.82, 2.24) is 10.9 Å². The number of para-hydroxylation sites is 2. The molecule has 0 atom stereocenters. The summed E-state index contributed by atoms with van der Waals surface area (Å²) < 4.78 is 0. The number of nitrogens with one attached hydrogen (secondary N) is 2. The van der Waals surface area contributed by atoms with Gasteiger partial charge in [0.1, 0.15) is 0 Å². The van der Waals surface area contributed by atoms with Gasteiger partial charge in [0.15, 0.2) is 0 Å². The third-order valence-electron chi connectivity index (χ3n) is 5.46. The summed E-state index contributed by atoms with van der Waals surface area (Å²) in [7, 11) is 0. The first-order valence-electron chi connectivity index (χ1n) is 10.6. The fourth-order valence-electron chi connectivity index (χ4n) is 3.95. The number of fused-ring (bicyclic) bond motifs is 2. The topological polar surface area (TPSA) is 61.4 Å². The van der Waals surface area contributed by atoms with Gasteiger partial charge in [-0.2, -0.15) is 0 Å². The SMILES string of the molecule is O=C(NNC(=O)N1c2ccccc2Sc2ccccc21)C(c1ccccc1)c1ccccc1. The van der Waals surface area contributed by atoms with Crippen LogP contribution in [0.15, 0.2) is 119 Å². The Kier molecular flexibility index (Phi) is 5.83. The number of urea groups is 1. The van der Waals surface area contributed by atoms with Crippen molar-refractivity contribution < 1.29 is 9.59 Å². The Hall–Kier alpha value is -4.03. The zero-order valence-corrected chi connectivity index (χ0v) is 18.5. The van der Waals surface area contributed by atoms with Crippen LogP contribution in [0.2, 0.25) is 0 Å². The van der Waals surface area contributed by atoms with Gasteiger partial charge in [0.05, 0.1) is 17.3 Å². The maximum atomic E-state index is 13.3. The van der Waals surface area contributed by atoms with Crippen molar-refractivity contribution in [2.24, 2.45) is 0 Å². The number of anilines is 2. The Morgan fingerprint density at radius 1 is 0.606 bits per heavy atom. The smallest absolute Gasteiger partial charge is 0.272 e. The Morgan fingerprint density at radius 3 is 1.58 bits per heavy atom. The van der Waals surface area contributed by atoms with E-state index >= 15 is 0 Å². The van der Waals surface area contributed by atoms with Crippen LogP contribution >= 0.6 is 11.8 Å². The van der Waals surface area contributed by atoms with Crippen LogP contribution in [-0.2, 0) is 4.79 Å². The highest BCUT2D eigenvalue weighted by atomic mass is 32.2. The lowest BCUT2D eigenvalue weighted by atomic mass is 9.91. The predicted molar refractivity (Wildman–Crippen MR) is 131 cm³/mol. The summed E-state index contributed by atoms with van der Waals surface area (Å²) in [6, 6.07) is 34.1. The number of benzene rings is 4. The van der Waals surface area contributed by atoms with Gasteiger partial charge in [-0.25, -0.2) is 10.2 Å². The third kappa shape index (κ3) is 4.21. The van der Waals surface area contributed by atoms with Crippen LogP contribution in [-0.4, -0.2) is 11.9 Å². The van der Waals surface area contributed by atoms with Crippen LogP contribution in [0, 0.1) is 0 Å². The third-order valence-corrected chi connectivity index (χ3v) is 6.59. The molecular weight excluding hydrogens is 430 g/mol. The van der Waals surface area contributed by atoms with Gasteiger partial charge < -0.3 is 0 Å². The number of nitrogens with zero attached hydrogens (tertiary/aromatic N) is 1. The minimum Gasteiger partial charge on any atom is -0.272 e. The molecule has 0 bridgehead atoms. The fraction of sp³-hybridized carbons (Fsp3) is 0.0370. The van der Waals surface area contributed by atoms with E-state index in [1.54, 1.807) is 16.7 Å². The molecule has 5 rings (SSSR count). The van der Waals surface area contributed by atoms with Gasteiger partial charge in [-0.1, -0.05) is 96.7 Å². The van der Waals surface area contributed by atoms with Crippen molar-refractivity contribution in [3.05, 3.63) is 120 Å². The van der Waals surface area contributed by atoms with Gasteiger partial charge in [-0.05, 0) is 35.4 Å². The average molecular weight is 452 g/mol. The number of amides is 3. The number of carbonyl (C=O) groups is 2. The molecule has 0 unspecified atom stereocenters. The normalized spacial score (nSPS) is 12.0. The quantitative estimate of drug-likeness (QED) is 0.384. The lowest BCUT2D eigenvalue weighted by Crippen LogP contribution is -2.49. The molecule has 6 heteroatoms. The number of hydrazine groups is 1. The summed E-state index contributed by atoms with van der Waals surface area (Å²) in [5, 5.41) is 0. The summed E-state index contributed by atoms with van der Waals surface area (Å²) in [6.07, 6.45) is 0. The molecule has 0 fully saturated rings. The largest absolute Gasteiger partial charge is 0.345 e. The van der Waals surface area contributed by atoms with Crippen molar-refractivity contribution in [2.75, 3.05) is 4.90 Å². The van der Waals surface area contributed by atoms with E-state index in [4.69, 9.17) is 0 Å². The van der Waals surface area contributed by atoms with Crippen molar-refractivity contribution in [2.45, 2.75) is 15.7 Å². The maximum Gasteiger partial charge on any atom is 0.345 e. The molecule has 1 aliphatic heterocycles. The van der Waals surface area contributed by atoms with E-state index in [0.717, 1.165) is 32.3 Å². The van der Waals surface area contributed by atoms with Crippen molar-refractivity contribution in [1.29, 1.82) is 0 Å². The van der Waals surface area contributed by atoms with E-state index in [1.165, 1.54) is 0 Å². The van der Waals surface area contributed by atoms with Gasteiger partial charge in [0.25, 0.3) is 0 Å². The Labute approximate surface area is 196 Å². The van der Waals surface area contributed by atoms with Crippen LogP contribution in [0.4, 0.5) is 16.2 Å². The molecule has 4 aromatic rings. The van der Waals surface area contributed by atoms with Crippen LogP contribution in [0.5, 0.6) is 0 Å². The first kappa shape index (κ1) is 20.8. The first-order chi connectivity index (χ1) is 16.2. The molecule has 3 amide bonds. The molecule has 1 aliphatic rings. The highest BCUT2D eigenvalue weighted by Crippen LogP contribution is 2.47. The van der Waals surface area contributed by atoms with E-state index < -0.39 is 11.9 Å². The summed E-state index contributed by atoms with van der Waals surface area (Å²) in [4.78, 5) is 30.1. The second kappa shape index (κ2) is 9.22. The molecule has 0 spiro atoms. The lowest BCUT2D eigenvalue weighted by Gasteiger charge is -2.31. The van der Waals surface area contributed by atoms with Gasteiger partial charge in [0, 0.05) is 9.79 Å². The Morgan fingerprint density at radius 2 is 1.06 bits per heavy atom. The van der Waals surface area contributed by atoms with E-state index in [9.17, 15) is 9.59 Å². The van der Waals surface area contributed by atoms with E-state index in [-0.39, 0.29) is 5.91 Å². The van der Waals surface area contributed by atoms with Crippen LogP contribution in [0.3, 0.4) is 0 Å². The highest BCUT2D eigenvalue weighted by Gasteiger charge is 2.29. The molecule has 0 saturated carbocycles. The van der Waals surface area contributed by atoms with E-state index in [2.05, 4.69) is 10.9 Å². The van der Waals surface area contributed by atoms with Gasteiger partial charge in [-0.3, -0.25) is 15.1 Å². The molecule has 0 radical (unpaired) electrons. The standard InChI is InChI=1S/C27H21N3O2S/c31-26(25(19-11-3-1-4-12-19)20-13-5-2-6-14-20)28-29-27(32)30-21-15-7-9-17-23(21)33-24-18-10-8-16-22(24)30/h1-18,25H,(H,28,31)(H,29,32). The minimum atomic E-state index is -0.552. The van der Waals surface area contributed by atoms with E-state index in [1.807, 2.05) is 109 Å². The van der Waals surface area contributed by atoms with E-state index in [0.29, 0.717) is 0 Å². The van der Waals surface area contributed by atoms with Crippen molar-refractivity contribution >= 4 is 35.1 Å². The molecule has 2 N–H and O–H groups in total. The van der Waals surface area contributed by atoms with Crippen molar-refractivity contribution in [3.63, 3.8) is 0 Å². The zero-order valence-electron chi connectivity index (χ0n) is 17.6. The zero-order chi connectivity index (χ0) is 22.6. The molecule has 0 aliphatic carbocycles. The maximum absolute atomic E-state index is 13.3. The second-order valence-corrected chi connectivity index (χ2v) is 8.63. The molecule has 0 aromatic heterocycles. The van der Waals surface area contributed by atoms with Gasteiger partial charge >= 0.3 is 6.03 Å². The summed E-state index contributed by atoms with van der Waals surface area (Å²) >= 11 is 1.62. The van der Waals surface area contributed by atoms with Crippen LogP contribution < -0.4 is 15.8 Å². The molecule has 33 heavy (non-hydrogen) atoms. The summed E-state index contributed by atoms with van der Waals surface area (Å²) in [5.74, 6) is -0.863. The lowest BCUT2D eigenvalue weighted by molar-refractivity contribution is -0.122. The molecule has 1 heterocycles. The fourth-order valence-corrected chi connectivity index (χ4v) is 5.01. The van der Waals surface area contributed by atoms with Crippen molar-refractivity contribution in [3.8, 4) is 0 Å². The number of carbonyl (C=O) groups excluding carboxylic acids is 2. The molecule has 162 valence electrons. The van der Waals surface area contributed by atoms with Gasteiger partial charge in [-0.15, -0.1) is 0 Å². The molecule has 5 nitrogen and oxygen atoms in total. The summed E-state index contributed by atoms with van der Waals surface area (Å²) in [5.41, 5.74) is 8.53. The van der Waals surface area contributed by atoms with Crippen LogP contribution in [0.25, 0.3) is 0 Å². The Bertz CT molecular complexity index is 1210. The number of rotatable bonds is 3. The van der Waals surface area contributed by atoms with Crippen LogP contribution in [0.1, 0.15) is 17.0 Å². The number of hydrogen-bond acceptors (Lipinski definition) is 3. The molecular formula is C27H21N3O2S. The monoisotopic (exact) mass is 451 g/mol.